The first-order valence-electron chi connectivity index (χ1n) is 6.83. The molecule has 2 aromatic rings. The molecule has 0 aromatic heterocycles. The van der Waals surface area contributed by atoms with Crippen LogP contribution in [0.2, 0.25) is 5.02 Å². The van der Waals surface area contributed by atoms with E-state index in [0.717, 1.165) is 12.2 Å². The molecule has 7 heteroatoms. The number of carbonyl (C=O) groups excluding carboxylic acids is 2. The second kappa shape index (κ2) is 7.94. The maximum absolute atomic E-state index is 12.2. The number of carboxylic acid groups (broad SMARTS) is 1. The van der Waals surface area contributed by atoms with Crippen LogP contribution in [0, 0.1) is 0 Å². The fourth-order valence-corrected chi connectivity index (χ4v) is 2.03. The Balaban J connectivity index is 2.07. The van der Waals surface area contributed by atoms with Crippen molar-refractivity contribution in [2.24, 2.45) is 0 Å². The molecular formula is C17H13ClN2O4. The molecule has 0 fully saturated rings. The van der Waals surface area contributed by atoms with E-state index in [4.69, 9.17) is 16.7 Å². The lowest BCUT2D eigenvalue weighted by Gasteiger charge is -2.08. The van der Waals surface area contributed by atoms with E-state index in [1.807, 2.05) is 0 Å². The molecule has 24 heavy (non-hydrogen) atoms. The minimum absolute atomic E-state index is 0.329. The molecule has 0 aliphatic rings. The molecule has 0 aliphatic carbocycles. The van der Waals surface area contributed by atoms with Gasteiger partial charge in [-0.15, -0.1) is 0 Å². The zero-order chi connectivity index (χ0) is 17.5. The van der Waals surface area contributed by atoms with E-state index in [1.165, 1.54) is 6.07 Å². The molecule has 0 atom stereocenters. The highest BCUT2D eigenvalue weighted by Crippen LogP contribution is 2.17. The molecule has 0 bridgehead atoms. The van der Waals surface area contributed by atoms with Crippen molar-refractivity contribution in [2.75, 3.05) is 10.6 Å². The third-order valence-electron chi connectivity index (χ3n) is 2.85. The summed E-state index contributed by atoms with van der Waals surface area (Å²) in [6.07, 6.45) is 1.62. The number of aliphatic carboxylic acids is 1. The summed E-state index contributed by atoms with van der Waals surface area (Å²) in [5.41, 5.74) is 1.25. The highest BCUT2D eigenvalue weighted by molar-refractivity contribution is 6.31. The first-order chi connectivity index (χ1) is 11.4. The summed E-state index contributed by atoms with van der Waals surface area (Å²) in [6, 6.07) is 13.0. The number of halogens is 1. The molecule has 122 valence electrons. The van der Waals surface area contributed by atoms with Crippen molar-refractivity contribution in [1.29, 1.82) is 0 Å². The van der Waals surface area contributed by atoms with Gasteiger partial charge in [0, 0.05) is 34.1 Å². The van der Waals surface area contributed by atoms with Crippen LogP contribution in [0.1, 0.15) is 10.4 Å². The fourth-order valence-electron chi connectivity index (χ4n) is 1.84. The Morgan fingerprint density at radius 1 is 0.917 bits per heavy atom. The highest BCUT2D eigenvalue weighted by Gasteiger charge is 2.08. The number of carbonyl (C=O) groups is 3. The molecule has 0 saturated heterocycles. The van der Waals surface area contributed by atoms with Gasteiger partial charge in [-0.05, 0) is 36.4 Å². The van der Waals surface area contributed by atoms with E-state index >= 15 is 0 Å². The second-order valence-electron chi connectivity index (χ2n) is 4.71. The summed E-state index contributed by atoms with van der Waals surface area (Å²) < 4.78 is 0. The third-order valence-corrected chi connectivity index (χ3v) is 3.09. The van der Waals surface area contributed by atoms with Gasteiger partial charge in [-0.2, -0.15) is 0 Å². The van der Waals surface area contributed by atoms with E-state index in [1.54, 1.807) is 42.5 Å². The molecule has 2 aromatic carbocycles. The van der Waals surface area contributed by atoms with Crippen molar-refractivity contribution in [3.63, 3.8) is 0 Å². The standard InChI is InChI=1S/C17H13ClN2O4/c18-12-4-2-6-14(10-12)20-17(24)11-3-1-5-13(9-11)19-15(21)7-8-16(22)23/h1-10H,(H,19,21)(H,20,24)(H,22,23)/b8-7+. The molecule has 2 rings (SSSR count). The summed E-state index contributed by atoms with van der Waals surface area (Å²) in [6.45, 7) is 0. The first kappa shape index (κ1) is 17.2. The van der Waals surface area contributed by atoms with E-state index in [-0.39, 0.29) is 5.91 Å². The largest absolute Gasteiger partial charge is 0.478 e. The average Bonchev–Trinajstić information content (AvgIpc) is 2.53. The van der Waals surface area contributed by atoms with Gasteiger partial charge in [-0.3, -0.25) is 9.59 Å². The van der Waals surface area contributed by atoms with Crippen molar-refractivity contribution >= 4 is 40.8 Å². The van der Waals surface area contributed by atoms with Gasteiger partial charge in [0.25, 0.3) is 5.91 Å². The summed E-state index contributed by atoms with van der Waals surface area (Å²) in [4.78, 5) is 34.1. The Bertz CT molecular complexity index is 818. The molecular weight excluding hydrogens is 332 g/mol. The SMILES string of the molecule is O=C(O)/C=C/C(=O)Nc1cccc(C(=O)Nc2cccc(Cl)c2)c1. The van der Waals surface area contributed by atoms with Crippen LogP contribution in [0.3, 0.4) is 0 Å². The minimum atomic E-state index is -1.22. The maximum Gasteiger partial charge on any atom is 0.328 e. The number of amides is 2. The predicted molar refractivity (Wildman–Crippen MR) is 91.3 cm³/mol. The Morgan fingerprint density at radius 3 is 2.25 bits per heavy atom. The van der Waals surface area contributed by atoms with Crippen molar-refractivity contribution in [2.45, 2.75) is 0 Å². The van der Waals surface area contributed by atoms with Gasteiger partial charge in [-0.25, -0.2) is 4.79 Å². The molecule has 0 spiro atoms. The van der Waals surface area contributed by atoms with Gasteiger partial charge in [0.1, 0.15) is 0 Å². The van der Waals surface area contributed by atoms with Crippen LogP contribution < -0.4 is 10.6 Å². The topological polar surface area (TPSA) is 95.5 Å². The Labute approximate surface area is 142 Å². The van der Waals surface area contributed by atoms with Gasteiger partial charge >= 0.3 is 5.97 Å². The lowest BCUT2D eigenvalue weighted by atomic mass is 10.2. The molecule has 0 unspecified atom stereocenters. The zero-order valence-electron chi connectivity index (χ0n) is 12.3. The molecule has 0 aliphatic heterocycles. The molecule has 0 heterocycles. The molecule has 0 saturated carbocycles. The maximum atomic E-state index is 12.2. The number of rotatable bonds is 5. The minimum Gasteiger partial charge on any atom is -0.478 e. The monoisotopic (exact) mass is 344 g/mol. The summed E-state index contributed by atoms with van der Waals surface area (Å²) in [5.74, 6) is -2.20. The first-order valence-corrected chi connectivity index (χ1v) is 7.21. The van der Waals surface area contributed by atoms with Crippen LogP contribution in [0.4, 0.5) is 11.4 Å². The summed E-state index contributed by atoms with van der Waals surface area (Å²) in [7, 11) is 0. The van der Waals surface area contributed by atoms with Gasteiger partial charge < -0.3 is 15.7 Å². The highest BCUT2D eigenvalue weighted by atomic mass is 35.5. The number of benzene rings is 2. The number of hydrogen-bond acceptors (Lipinski definition) is 3. The van der Waals surface area contributed by atoms with Crippen LogP contribution in [0.15, 0.2) is 60.7 Å². The Hall–Kier alpha value is -3.12. The van der Waals surface area contributed by atoms with Crippen molar-refractivity contribution in [3.05, 3.63) is 71.3 Å². The van der Waals surface area contributed by atoms with Crippen LogP contribution in [0.5, 0.6) is 0 Å². The van der Waals surface area contributed by atoms with Crippen molar-refractivity contribution in [1.82, 2.24) is 0 Å². The van der Waals surface area contributed by atoms with Crippen molar-refractivity contribution in [3.8, 4) is 0 Å². The van der Waals surface area contributed by atoms with E-state index in [0.29, 0.717) is 22.0 Å². The number of carboxylic acids is 1. The average molecular weight is 345 g/mol. The van der Waals surface area contributed by atoms with Gasteiger partial charge in [0.05, 0.1) is 0 Å². The summed E-state index contributed by atoms with van der Waals surface area (Å²) in [5, 5.41) is 14.1. The van der Waals surface area contributed by atoms with Crippen LogP contribution in [-0.4, -0.2) is 22.9 Å². The van der Waals surface area contributed by atoms with E-state index in [2.05, 4.69) is 10.6 Å². The summed E-state index contributed by atoms with van der Waals surface area (Å²) >= 11 is 5.86. The molecule has 3 N–H and O–H groups in total. The van der Waals surface area contributed by atoms with E-state index < -0.39 is 11.9 Å². The van der Waals surface area contributed by atoms with Gasteiger partial charge in [-0.1, -0.05) is 23.7 Å². The predicted octanol–water partition coefficient (Wildman–Crippen LogP) is 3.17. The third kappa shape index (κ3) is 5.26. The number of anilines is 2. The quantitative estimate of drug-likeness (QED) is 0.726. The zero-order valence-corrected chi connectivity index (χ0v) is 13.1. The Kier molecular flexibility index (Phi) is 5.70. The lowest BCUT2D eigenvalue weighted by Crippen LogP contribution is -2.13. The number of hydrogen-bond donors (Lipinski definition) is 3. The van der Waals surface area contributed by atoms with Gasteiger partial charge in [0.2, 0.25) is 5.91 Å². The van der Waals surface area contributed by atoms with Gasteiger partial charge in [0.15, 0.2) is 0 Å². The molecule has 6 nitrogen and oxygen atoms in total. The van der Waals surface area contributed by atoms with Crippen LogP contribution in [-0.2, 0) is 9.59 Å². The molecule has 0 radical (unpaired) electrons. The van der Waals surface area contributed by atoms with E-state index in [9.17, 15) is 14.4 Å². The molecule has 2 amide bonds. The van der Waals surface area contributed by atoms with Crippen molar-refractivity contribution < 1.29 is 19.5 Å². The second-order valence-corrected chi connectivity index (χ2v) is 5.14. The lowest BCUT2D eigenvalue weighted by molar-refractivity contribution is -0.131. The smallest absolute Gasteiger partial charge is 0.328 e. The fraction of sp³-hybridized carbons (Fsp3) is 0. The Morgan fingerprint density at radius 2 is 1.58 bits per heavy atom. The van der Waals surface area contributed by atoms with Crippen LogP contribution >= 0.6 is 11.6 Å². The normalized spacial score (nSPS) is 10.4. The van der Waals surface area contributed by atoms with Crippen LogP contribution in [0.25, 0.3) is 0 Å². The number of nitrogens with one attached hydrogen (secondary N) is 2.